The lowest BCUT2D eigenvalue weighted by Gasteiger charge is -2.25. The molecule has 0 spiro atoms. The van der Waals surface area contributed by atoms with E-state index in [2.05, 4.69) is 33.6 Å². The number of rotatable bonds is 6. The van der Waals surface area contributed by atoms with Gasteiger partial charge in [0.1, 0.15) is 12.4 Å². The molecular weight excluding hydrogens is 342 g/mol. The van der Waals surface area contributed by atoms with Gasteiger partial charge in [-0.3, -0.25) is 4.98 Å². The maximum absolute atomic E-state index is 10.8. The van der Waals surface area contributed by atoms with E-state index >= 15 is 0 Å². The van der Waals surface area contributed by atoms with Gasteiger partial charge in [0.2, 0.25) is 0 Å². The Hall–Kier alpha value is -2.41. The quantitative estimate of drug-likeness (QED) is 0.698. The average Bonchev–Trinajstić information content (AvgIpc) is 2.99. The molecule has 1 aliphatic heterocycles. The largest absolute Gasteiger partial charge is 0.491 e. The maximum Gasteiger partial charge on any atom is 0.120 e. The normalized spacial score (nSPS) is 15.7. The van der Waals surface area contributed by atoms with E-state index in [0.29, 0.717) is 6.54 Å². The number of hydrogen-bond acceptors (Lipinski definition) is 5. The Morgan fingerprint density at radius 1 is 1.30 bits per heavy atom. The number of pyridine rings is 1. The van der Waals surface area contributed by atoms with Gasteiger partial charge in [0.05, 0.1) is 19.3 Å². The summed E-state index contributed by atoms with van der Waals surface area (Å²) in [6, 6.07) is 9.79. The van der Waals surface area contributed by atoms with E-state index < -0.39 is 6.10 Å². The predicted molar refractivity (Wildman–Crippen MR) is 104 cm³/mol. The van der Waals surface area contributed by atoms with Crippen LogP contribution in [-0.4, -0.2) is 51.5 Å². The summed E-state index contributed by atoms with van der Waals surface area (Å²) in [5.41, 5.74) is 4.51. The Balaban J connectivity index is 1.75. The molecule has 2 aromatic heterocycles. The first-order chi connectivity index (χ1) is 13.2. The minimum absolute atomic E-state index is 0.00278. The zero-order valence-electron chi connectivity index (χ0n) is 15.5. The van der Waals surface area contributed by atoms with Crippen LogP contribution in [0.3, 0.4) is 0 Å². The molecule has 3 aromatic rings. The van der Waals surface area contributed by atoms with Crippen molar-refractivity contribution in [1.82, 2.24) is 14.5 Å². The lowest BCUT2D eigenvalue weighted by Crippen LogP contribution is -2.27. The molecule has 6 heteroatoms. The number of hydrogen-bond donors (Lipinski definition) is 2. The molecule has 2 N–H and O–H groups in total. The van der Waals surface area contributed by atoms with Gasteiger partial charge in [0.15, 0.2) is 0 Å². The predicted octanol–water partition coefficient (Wildman–Crippen LogP) is 2.13. The molecule has 3 heterocycles. The molecule has 6 nitrogen and oxygen atoms in total. The van der Waals surface area contributed by atoms with Gasteiger partial charge in [0.25, 0.3) is 0 Å². The minimum atomic E-state index is -0.608. The molecule has 4 rings (SSSR count). The summed E-state index contributed by atoms with van der Waals surface area (Å²) in [4.78, 5) is 6.43. The molecule has 0 saturated heterocycles. The van der Waals surface area contributed by atoms with Crippen LogP contribution in [0.15, 0.2) is 42.7 Å². The fourth-order valence-electron chi connectivity index (χ4n) is 3.88. The Morgan fingerprint density at radius 3 is 2.96 bits per heavy atom. The highest BCUT2D eigenvalue weighted by Crippen LogP contribution is 2.34. The van der Waals surface area contributed by atoms with E-state index in [1.54, 1.807) is 12.4 Å². The molecule has 1 atom stereocenters. The monoisotopic (exact) mass is 367 g/mol. The van der Waals surface area contributed by atoms with Crippen LogP contribution in [0, 0.1) is 0 Å². The highest BCUT2D eigenvalue weighted by atomic mass is 16.5. The molecule has 0 amide bonds. The third-order valence-electron chi connectivity index (χ3n) is 5.20. The molecule has 1 aromatic carbocycles. The second kappa shape index (κ2) is 7.68. The second-order valence-electron chi connectivity index (χ2n) is 7.08. The van der Waals surface area contributed by atoms with E-state index in [-0.39, 0.29) is 13.2 Å². The first-order valence-electron chi connectivity index (χ1n) is 9.31. The van der Waals surface area contributed by atoms with Crippen LogP contribution in [0.25, 0.3) is 10.9 Å². The first-order valence-corrected chi connectivity index (χ1v) is 9.31. The summed E-state index contributed by atoms with van der Waals surface area (Å²) in [5, 5.41) is 20.9. The molecule has 0 bridgehead atoms. The number of likely N-dealkylation sites (N-methyl/N-ethyl adjacent to an activating group) is 1. The van der Waals surface area contributed by atoms with Gasteiger partial charge in [0, 0.05) is 54.1 Å². The van der Waals surface area contributed by atoms with Crippen LogP contribution in [0.2, 0.25) is 0 Å². The standard InChI is InChI=1S/C21H25N3O3/c1-23-8-6-20-18(13-23)17-11-16(27-10-9-25)4-5-19(17)24(20)14-21(26)15-3-2-7-22-12-15/h2-5,7,11-12,21,25-26H,6,8-10,13-14H2,1H3. The lowest BCUT2D eigenvalue weighted by molar-refractivity contribution is 0.155. The van der Waals surface area contributed by atoms with Crippen LogP contribution in [0.5, 0.6) is 5.75 Å². The molecular formula is C21H25N3O3. The third kappa shape index (κ3) is 3.56. The number of aromatic nitrogens is 2. The van der Waals surface area contributed by atoms with E-state index in [1.807, 2.05) is 18.2 Å². The van der Waals surface area contributed by atoms with Gasteiger partial charge in [-0.1, -0.05) is 6.07 Å². The smallest absolute Gasteiger partial charge is 0.120 e. The van der Waals surface area contributed by atoms with Crippen molar-refractivity contribution in [2.75, 3.05) is 26.8 Å². The second-order valence-corrected chi connectivity index (χ2v) is 7.08. The van der Waals surface area contributed by atoms with E-state index in [1.165, 1.54) is 11.3 Å². The molecule has 0 fully saturated rings. The number of benzene rings is 1. The fraction of sp³-hybridized carbons (Fsp3) is 0.381. The number of nitrogens with zero attached hydrogens (tertiary/aromatic N) is 3. The van der Waals surface area contributed by atoms with Crippen LogP contribution >= 0.6 is 0 Å². The van der Waals surface area contributed by atoms with Crippen LogP contribution in [-0.2, 0) is 19.5 Å². The van der Waals surface area contributed by atoms with Crippen molar-refractivity contribution in [3.05, 3.63) is 59.5 Å². The number of aliphatic hydroxyl groups excluding tert-OH is 2. The van der Waals surface area contributed by atoms with Crippen LogP contribution in [0.1, 0.15) is 22.9 Å². The number of ether oxygens (including phenoxy) is 1. The molecule has 1 aliphatic rings. The molecule has 0 radical (unpaired) electrons. The van der Waals surface area contributed by atoms with Gasteiger partial charge >= 0.3 is 0 Å². The van der Waals surface area contributed by atoms with Gasteiger partial charge < -0.3 is 24.4 Å². The molecule has 0 saturated carbocycles. The highest BCUT2D eigenvalue weighted by molar-refractivity contribution is 5.87. The van der Waals surface area contributed by atoms with Crippen molar-refractivity contribution in [3.63, 3.8) is 0 Å². The van der Waals surface area contributed by atoms with Crippen molar-refractivity contribution < 1.29 is 14.9 Å². The Morgan fingerprint density at radius 2 is 2.19 bits per heavy atom. The fourth-order valence-corrected chi connectivity index (χ4v) is 3.88. The molecule has 0 aliphatic carbocycles. The summed E-state index contributed by atoms with van der Waals surface area (Å²) < 4.78 is 7.85. The van der Waals surface area contributed by atoms with Gasteiger partial charge in [-0.15, -0.1) is 0 Å². The zero-order chi connectivity index (χ0) is 18.8. The van der Waals surface area contributed by atoms with Gasteiger partial charge in [-0.2, -0.15) is 0 Å². The summed E-state index contributed by atoms with van der Waals surface area (Å²) in [6.45, 7) is 2.66. The highest BCUT2D eigenvalue weighted by Gasteiger charge is 2.24. The summed E-state index contributed by atoms with van der Waals surface area (Å²) in [5.74, 6) is 0.762. The molecule has 142 valence electrons. The van der Waals surface area contributed by atoms with Crippen molar-refractivity contribution in [1.29, 1.82) is 0 Å². The molecule has 1 unspecified atom stereocenters. The number of fused-ring (bicyclic) bond motifs is 3. The number of aliphatic hydroxyl groups is 2. The maximum atomic E-state index is 10.8. The van der Waals surface area contributed by atoms with E-state index in [9.17, 15) is 5.11 Å². The zero-order valence-corrected chi connectivity index (χ0v) is 15.5. The average molecular weight is 367 g/mol. The SMILES string of the molecule is CN1CCc2c(c3cc(OCCO)ccc3n2CC(O)c2cccnc2)C1. The van der Waals surface area contributed by atoms with Gasteiger partial charge in [-0.05, 0) is 36.9 Å². The van der Waals surface area contributed by atoms with Gasteiger partial charge in [-0.25, -0.2) is 0 Å². The van der Waals surface area contributed by atoms with Crippen molar-refractivity contribution in [3.8, 4) is 5.75 Å². The lowest BCUT2D eigenvalue weighted by atomic mass is 10.0. The Labute approximate surface area is 158 Å². The van der Waals surface area contributed by atoms with Crippen LogP contribution in [0.4, 0.5) is 0 Å². The third-order valence-corrected chi connectivity index (χ3v) is 5.20. The Bertz CT molecular complexity index is 923. The molecule has 27 heavy (non-hydrogen) atoms. The summed E-state index contributed by atoms with van der Waals surface area (Å²) in [6.07, 6.45) is 3.78. The van der Waals surface area contributed by atoms with Crippen molar-refractivity contribution >= 4 is 10.9 Å². The first kappa shape index (κ1) is 18.0. The topological polar surface area (TPSA) is 70.8 Å². The van der Waals surface area contributed by atoms with Crippen molar-refractivity contribution in [2.24, 2.45) is 0 Å². The van der Waals surface area contributed by atoms with Crippen LogP contribution < -0.4 is 4.74 Å². The minimum Gasteiger partial charge on any atom is -0.491 e. The van der Waals surface area contributed by atoms with Crippen molar-refractivity contribution in [2.45, 2.75) is 25.6 Å². The Kier molecular flexibility index (Phi) is 5.11. The van der Waals surface area contributed by atoms with E-state index in [4.69, 9.17) is 9.84 Å². The summed E-state index contributed by atoms with van der Waals surface area (Å²) in [7, 11) is 2.13. The van der Waals surface area contributed by atoms with E-state index in [0.717, 1.165) is 41.7 Å². The summed E-state index contributed by atoms with van der Waals surface area (Å²) >= 11 is 0.